The van der Waals surface area contributed by atoms with E-state index in [0.717, 1.165) is 53.1 Å². The summed E-state index contributed by atoms with van der Waals surface area (Å²) in [6, 6.07) is 18.3. The van der Waals surface area contributed by atoms with Gasteiger partial charge in [-0.3, -0.25) is 4.79 Å². The molecule has 0 aliphatic carbocycles. The molecule has 6 rings (SSSR count). The Bertz CT molecular complexity index is 1360. The van der Waals surface area contributed by atoms with Gasteiger partial charge in [-0.05, 0) is 35.4 Å². The topological polar surface area (TPSA) is 59.4 Å². The van der Waals surface area contributed by atoms with Gasteiger partial charge in [0.25, 0.3) is 5.91 Å². The Morgan fingerprint density at radius 3 is 2.74 bits per heavy atom. The van der Waals surface area contributed by atoms with Crippen molar-refractivity contribution in [1.29, 1.82) is 0 Å². The number of hydrogen-bond acceptors (Lipinski definition) is 4. The first kappa shape index (κ1) is 21.2. The molecule has 1 atom stereocenters. The Morgan fingerprint density at radius 1 is 1.09 bits per heavy atom. The first-order valence-electron chi connectivity index (χ1n) is 11.6. The molecule has 4 aromatic rings. The van der Waals surface area contributed by atoms with E-state index in [-0.39, 0.29) is 5.91 Å². The molecule has 0 bridgehead atoms. The molecule has 0 saturated carbocycles. The lowest BCUT2D eigenvalue weighted by molar-refractivity contribution is -0.138. The van der Waals surface area contributed by atoms with Gasteiger partial charge in [0, 0.05) is 73.1 Å². The normalized spacial score (nSPS) is 17.6. The van der Waals surface area contributed by atoms with Gasteiger partial charge in [-0.25, -0.2) is 4.98 Å². The first-order chi connectivity index (χ1) is 16.7. The van der Waals surface area contributed by atoms with Crippen LogP contribution < -0.4 is 10.1 Å². The molecule has 1 fully saturated rings. The number of nitrogens with zero attached hydrogens (tertiary/aromatic N) is 3. The predicted octanol–water partition coefficient (Wildman–Crippen LogP) is 4.14. The minimum Gasteiger partial charge on any atom is -0.479 e. The van der Waals surface area contributed by atoms with Crippen LogP contribution in [0.5, 0.6) is 5.75 Å². The number of fused-ring (bicyclic) bond motifs is 2. The van der Waals surface area contributed by atoms with Crippen molar-refractivity contribution in [1.82, 2.24) is 19.8 Å². The molecule has 1 N–H and O–H groups in total. The summed E-state index contributed by atoms with van der Waals surface area (Å²) in [7, 11) is 0. The van der Waals surface area contributed by atoms with E-state index < -0.39 is 6.10 Å². The maximum atomic E-state index is 13.1. The first-order valence-corrected chi connectivity index (χ1v) is 12.0. The summed E-state index contributed by atoms with van der Waals surface area (Å²) in [5, 5.41) is 4.96. The SMILES string of the molecule is O=C([C@@H]1Cc2cc(Cl)cc(-c3ccnc4c3ccn4Cc3ccccc3)c2O1)N1CCNCC1. The number of amides is 1. The summed E-state index contributed by atoms with van der Waals surface area (Å²) in [5.74, 6) is 0.801. The molecule has 2 aromatic heterocycles. The number of benzene rings is 2. The second-order valence-corrected chi connectivity index (χ2v) is 9.29. The molecule has 2 aliphatic rings. The number of carbonyl (C=O) groups is 1. The Labute approximate surface area is 203 Å². The zero-order valence-corrected chi connectivity index (χ0v) is 19.5. The average Bonchev–Trinajstić information content (AvgIpc) is 3.48. The van der Waals surface area contributed by atoms with Crippen molar-refractivity contribution < 1.29 is 9.53 Å². The molecule has 1 amide bonds. The number of carbonyl (C=O) groups excluding carboxylic acids is 1. The van der Waals surface area contributed by atoms with Gasteiger partial charge in [-0.2, -0.15) is 0 Å². The van der Waals surface area contributed by atoms with E-state index in [1.807, 2.05) is 47.5 Å². The minimum absolute atomic E-state index is 0.0497. The van der Waals surface area contributed by atoms with Gasteiger partial charge in [0.05, 0.1) is 0 Å². The third-order valence-electron chi connectivity index (χ3n) is 6.65. The summed E-state index contributed by atoms with van der Waals surface area (Å²) in [4.78, 5) is 19.7. The molecule has 6 nitrogen and oxygen atoms in total. The van der Waals surface area contributed by atoms with Gasteiger partial charge in [-0.1, -0.05) is 41.9 Å². The van der Waals surface area contributed by atoms with Crippen molar-refractivity contribution in [3.63, 3.8) is 0 Å². The number of pyridine rings is 1. The Morgan fingerprint density at radius 2 is 1.91 bits per heavy atom. The highest BCUT2D eigenvalue weighted by molar-refractivity contribution is 6.31. The molecule has 1 saturated heterocycles. The quantitative estimate of drug-likeness (QED) is 0.485. The fraction of sp³-hybridized carbons (Fsp3) is 0.259. The summed E-state index contributed by atoms with van der Waals surface area (Å²) in [6.07, 6.45) is 3.92. The monoisotopic (exact) mass is 472 g/mol. The zero-order valence-electron chi connectivity index (χ0n) is 18.7. The molecule has 0 unspecified atom stereocenters. The molecule has 7 heteroatoms. The van der Waals surface area contributed by atoms with Crippen LogP contribution in [-0.2, 0) is 17.8 Å². The van der Waals surface area contributed by atoms with Crippen LogP contribution >= 0.6 is 11.6 Å². The van der Waals surface area contributed by atoms with Crippen LogP contribution in [0, 0.1) is 0 Å². The smallest absolute Gasteiger partial charge is 0.264 e. The summed E-state index contributed by atoms with van der Waals surface area (Å²) in [5.41, 5.74) is 5.01. The number of aromatic nitrogens is 2. The summed E-state index contributed by atoms with van der Waals surface area (Å²) < 4.78 is 8.47. The van der Waals surface area contributed by atoms with Gasteiger partial charge in [-0.15, -0.1) is 0 Å². The van der Waals surface area contributed by atoms with Gasteiger partial charge >= 0.3 is 0 Å². The minimum atomic E-state index is -0.509. The van der Waals surface area contributed by atoms with Crippen LogP contribution in [0.25, 0.3) is 22.2 Å². The maximum absolute atomic E-state index is 13.1. The third-order valence-corrected chi connectivity index (χ3v) is 6.87. The molecular weight excluding hydrogens is 448 g/mol. The summed E-state index contributed by atoms with van der Waals surface area (Å²) >= 11 is 6.54. The van der Waals surface area contributed by atoms with Crippen LogP contribution in [0.4, 0.5) is 0 Å². The van der Waals surface area contributed by atoms with E-state index in [2.05, 4.69) is 39.3 Å². The van der Waals surface area contributed by atoms with Crippen molar-refractivity contribution in [2.24, 2.45) is 0 Å². The van der Waals surface area contributed by atoms with Crippen molar-refractivity contribution >= 4 is 28.5 Å². The number of hydrogen-bond donors (Lipinski definition) is 1. The average molecular weight is 473 g/mol. The Balaban J connectivity index is 1.36. The highest BCUT2D eigenvalue weighted by Gasteiger charge is 2.35. The van der Waals surface area contributed by atoms with E-state index in [1.54, 1.807) is 0 Å². The van der Waals surface area contributed by atoms with E-state index in [0.29, 0.717) is 24.5 Å². The van der Waals surface area contributed by atoms with Crippen LogP contribution in [-0.4, -0.2) is 52.6 Å². The Hall–Kier alpha value is -3.35. The van der Waals surface area contributed by atoms with Crippen molar-refractivity contribution in [2.45, 2.75) is 19.1 Å². The van der Waals surface area contributed by atoms with Crippen LogP contribution in [0.1, 0.15) is 11.1 Å². The number of nitrogens with one attached hydrogen (secondary N) is 1. The van der Waals surface area contributed by atoms with Crippen LogP contribution in [0.3, 0.4) is 0 Å². The molecular formula is C27H25ClN4O2. The fourth-order valence-electron chi connectivity index (χ4n) is 4.98. The molecule has 172 valence electrons. The van der Waals surface area contributed by atoms with Crippen LogP contribution in [0.15, 0.2) is 67.0 Å². The molecule has 0 spiro atoms. The summed E-state index contributed by atoms with van der Waals surface area (Å²) in [6.45, 7) is 3.80. The number of halogens is 1. The number of ether oxygens (including phenoxy) is 1. The van der Waals surface area contributed by atoms with E-state index in [9.17, 15) is 4.79 Å². The highest BCUT2D eigenvalue weighted by Crippen LogP contribution is 2.43. The highest BCUT2D eigenvalue weighted by atomic mass is 35.5. The maximum Gasteiger partial charge on any atom is 0.264 e. The molecule has 0 radical (unpaired) electrons. The second-order valence-electron chi connectivity index (χ2n) is 8.85. The van der Waals surface area contributed by atoms with Crippen molar-refractivity contribution in [3.8, 4) is 16.9 Å². The standard InChI is InChI=1S/C27H25ClN4O2/c28-20-14-19-15-24(27(33)31-12-9-29-10-13-31)34-25(19)23(16-20)21-6-8-30-26-22(21)7-11-32(26)17-18-4-2-1-3-5-18/h1-8,11,14,16,24,29H,9-10,12-13,15,17H2/t24-/m0/s1. The van der Waals surface area contributed by atoms with Crippen molar-refractivity contribution in [3.05, 3.63) is 83.1 Å². The van der Waals surface area contributed by atoms with Crippen molar-refractivity contribution in [2.75, 3.05) is 26.2 Å². The molecule has 4 heterocycles. The Kier molecular flexibility index (Phi) is 5.47. The van der Waals surface area contributed by atoms with E-state index in [4.69, 9.17) is 16.3 Å². The molecule has 34 heavy (non-hydrogen) atoms. The largest absolute Gasteiger partial charge is 0.479 e. The van der Waals surface area contributed by atoms with E-state index >= 15 is 0 Å². The number of piperazine rings is 1. The van der Waals surface area contributed by atoms with Gasteiger partial charge in [0.1, 0.15) is 11.4 Å². The second kappa shape index (κ2) is 8.78. The molecule has 2 aromatic carbocycles. The molecule has 2 aliphatic heterocycles. The van der Waals surface area contributed by atoms with Gasteiger partial charge < -0.3 is 19.5 Å². The fourth-order valence-corrected chi connectivity index (χ4v) is 5.23. The third kappa shape index (κ3) is 3.83. The predicted molar refractivity (Wildman–Crippen MR) is 133 cm³/mol. The van der Waals surface area contributed by atoms with Gasteiger partial charge in [0.15, 0.2) is 6.10 Å². The van der Waals surface area contributed by atoms with Gasteiger partial charge in [0.2, 0.25) is 0 Å². The lowest BCUT2D eigenvalue weighted by Gasteiger charge is -2.29. The zero-order chi connectivity index (χ0) is 23.1. The van der Waals surface area contributed by atoms with Crippen LogP contribution in [0.2, 0.25) is 5.02 Å². The lowest BCUT2D eigenvalue weighted by atomic mass is 9.99. The number of rotatable bonds is 4. The lowest BCUT2D eigenvalue weighted by Crippen LogP contribution is -2.50. The van der Waals surface area contributed by atoms with E-state index in [1.165, 1.54) is 5.56 Å².